The van der Waals surface area contributed by atoms with Crippen molar-refractivity contribution in [2.45, 2.75) is 48.8 Å². The fourth-order valence-corrected chi connectivity index (χ4v) is 3.39. The van der Waals surface area contributed by atoms with Gasteiger partial charge < -0.3 is 5.32 Å². The first-order valence-electron chi connectivity index (χ1n) is 6.54. The average molecular weight is 283 g/mol. The average Bonchev–Trinajstić information content (AvgIpc) is 2.89. The van der Waals surface area contributed by atoms with E-state index in [1.807, 2.05) is 0 Å². The zero-order valence-electron chi connectivity index (χ0n) is 10.9. The number of carbonyl (C=O) groups is 1. The number of benzene rings is 1. The number of amides is 1. The fourth-order valence-electron chi connectivity index (χ4n) is 2.28. The van der Waals surface area contributed by atoms with Crippen LogP contribution in [0.1, 0.15) is 32.6 Å². The van der Waals surface area contributed by atoms with Gasteiger partial charge in [0.2, 0.25) is 5.91 Å². The van der Waals surface area contributed by atoms with Gasteiger partial charge in [0.1, 0.15) is 11.1 Å². The van der Waals surface area contributed by atoms with Gasteiger partial charge in [-0.05, 0) is 38.0 Å². The summed E-state index contributed by atoms with van der Waals surface area (Å²) < 4.78 is 25.3. The van der Waals surface area contributed by atoms with Crippen LogP contribution in [-0.4, -0.2) is 21.4 Å². The molecule has 2 rings (SSSR count). The summed E-state index contributed by atoms with van der Waals surface area (Å²) in [4.78, 5) is 12.4. The standard InChI is InChI=1S/C14H18FNO2S/c1-10(14(17)16-12-6-2-3-7-12)19(18)13-8-4-5-11(15)9-13/h4-5,8-10,12H,2-3,6-7H2,1H3,(H,16,17). The Morgan fingerprint density at radius 2 is 2.11 bits per heavy atom. The van der Waals surface area contributed by atoms with E-state index in [-0.39, 0.29) is 11.9 Å². The van der Waals surface area contributed by atoms with E-state index >= 15 is 0 Å². The first-order chi connectivity index (χ1) is 9.08. The zero-order valence-corrected chi connectivity index (χ0v) is 11.7. The van der Waals surface area contributed by atoms with Gasteiger partial charge in [-0.3, -0.25) is 9.00 Å². The Bertz CT molecular complexity index is 486. The van der Waals surface area contributed by atoms with Crippen molar-refractivity contribution in [3.63, 3.8) is 0 Å². The minimum atomic E-state index is -1.52. The van der Waals surface area contributed by atoms with Crippen molar-refractivity contribution in [3.8, 4) is 0 Å². The second-order valence-corrected chi connectivity index (χ2v) is 6.66. The van der Waals surface area contributed by atoms with E-state index in [9.17, 15) is 13.4 Å². The Hall–Kier alpha value is -1.23. The molecule has 5 heteroatoms. The Morgan fingerprint density at radius 3 is 2.74 bits per heavy atom. The van der Waals surface area contributed by atoms with Gasteiger partial charge in [-0.1, -0.05) is 18.9 Å². The molecule has 3 nitrogen and oxygen atoms in total. The third-order valence-electron chi connectivity index (χ3n) is 3.42. The van der Waals surface area contributed by atoms with Gasteiger partial charge in [0.15, 0.2) is 0 Å². The van der Waals surface area contributed by atoms with E-state index < -0.39 is 21.9 Å². The number of carbonyl (C=O) groups excluding carboxylic acids is 1. The minimum absolute atomic E-state index is 0.208. The molecule has 1 aromatic carbocycles. The molecule has 1 aliphatic carbocycles. The summed E-state index contributed by atoms with van der Waals surface area (Å²) in [5.74, 6) is -0.649. The normalized spacial score (nSPS) is 19.1. The summed E-state index contributed by atoms with van der Waals surface area (Å²) in [6.07, 6.45) is 4.24. The van der Waals surface area contributed by atoms with Gasteiger partial charge in [-0.2, -0.15) is 0 Å². The van der Waals surface area contributed by atoms with Crippen molar-refractivity contribution in [1.29, 1.82) is 0 Å². The smallest absolute Gasteiger partial charge is 0.236 e. The van der Waals surface area contributed by atoms with E-state index in [4.69, 9.17) is 0 Å². The fraction of sp³-hybridized carbons (Fsp3) is 0.500. The van der Waals surface area contributed by atoms with E-state index in [0.717, 1.165) is 25.7 Å². The van der Waals surface area contributed by atoms with E-state index in [1.165, 1.54) is 18.2 Å². The molecule has 0 saturated heterocycles. The van der Waals surface area contributed by atoms with Crippen LogP contribution in [0.15, 0.2) is 29.2 Å². The van der Waals surface area contributed by atoms with Crippen LogP contribution >= 0.6 is 0 Å². The Balaban J connectivity index is 1.99. The van der Waals surface area contributed by atoms with E-state index in [1.54, 1.807) is 13.0 Å². The highest BCUT2D eigenvalue weighted by molar-refractivity contribution is 7.86. The molecule has 0 radical (unpaired) electrons. The van der Waals surface area contributed by atoms with E-state index in [0.29, 0.717) is 4.90 Å². The van der Waals surface area contributed by atoms with Crippen molar-refractivity contribution in [2.75, 3.05) is 0 Å². The molecule has 0 spiro atoms. The summed E-state index contributed by atoms with van der Waals surface area (Å²) in [6.45, 7) is 1.62. The molecule has 19 heavy (non-hydrogen) atoms. The predicted octanol–water partition coefficient (Wildman–Crippen LogP) is 2.38. The van der Waals surface area contributed by atoms with Gasteiger partial charge in [-0.15, -0.1) is 0 Å². The maximum Gasteiger partial charge on any atom is 0.236 e. The molecule has 0 heterocycles. The lowest BCUT2D eigenvalue weighted by atomic mass is 10.2. The Morgan fingerprint density at radius 1 is 1.42 bits per heavy atom. The molecular weight excluding hydrogens is 265 g/mol. The van der Waals surface area contributed by atoms with E-state index in [2.05, 4.69) is 5.32 Å². The summed E-state index contributed by atoms with van der Waals surface area (Å²) in [5, 5.41) is 2.25. The summed E-state index contributed by atoms with van der Waals surface area (Å²) in [5.41, 5.74) is 0. The molecule has 0 bridgehead atoms. The molecule has 1 fully saturated rings. The second-order valence-electron chi connectivity index (χ2n) is 4.89. The van der Waals surface area contributed by atoms with Crippen molar-refractivity contribution >= 4 is 16.7 Å². The van der Waals surface area contributed by atoms with Crippen molar-refractivity contribution in [2.24, 2.45) is 0 Å². The topological polar surface area (TPSA) is 46.2 Å². The quantitative estimate of drug-likeness (QED) is 0.922. The summed E-state index contributed by atoms with van der Waals surface area (Å²) in [7, 11) is -1.52. The number of nitrogens with one attached hydrogen (secondary N) is 1. The van der Waals surface area contributed by atoms with Gasteiger partial charge in [0.05, 0.1) is 10.8 Å². The van der Waals surface area contributed by atoms with Crippen LogP contribution < -0.4 is 5.32 Å². The largest absolute Gasteiger partial charge is 0.352 e. The summed E-state index contributed by atoms with van der Waals surface area (Å²) in [6, 6.07) is 5.81. The molecule has 2 atom stereocenters. The van der Waals surface area contributed by atoms with Crippen molar-refractivity contribution in [3.05, 3.63) is 30.1 Å². The first-order valence-corrected chi connectivity index (χ1v) is 7.76. The zero-order chi connectivity index (χ0) is 13.8. The number of hydrogen-bond acceptors (Lipinski definition) is 2. The van der Waals surface area contributed by atoms with Gasteiger partial charge in [-0.25, -0.2) is 4.39 Å². The Labute approximate surface area is 115 Å². The van der Waals surface area contributed by atoms with Crippen LogP contribution in [0.3, 0.4) is 0 Å². The van der Waals surface area contributed by atoms with Crippen LogP contribution in [0, 0.1) is 5.82 Å². The summed E-state index contributed by atoms with van der Waals surface area (Å²) >= 11 is 0. The molecule has 0 aromatic heterocycles. The van der Waals surface area contributed by atoms with Crippen LogP contribution in [0.5, 0.6) is 0 Å². The number of rotatable bonds is 4. The Kier molecular flexibility index (Phi) is 4.69. The first kappa shape index (κ1) is 14.2. The van der Waals surface area contributed by atoms with Crippen LogP contribution in [0.25, 0.3) is 0 Å². The molecule has 1 N–H and O–H groups in total. The molecule has 1 aliphatic rings. The van der Waals surface area contributed by atoms with Gasteiger partial charge in [0, 0.05) is 10.9 Å². The molecular formula is C14H18FNO2S. The lowest BCUT2D eigenvalue weighted by molar-refractivity contribution is -0.121. The van der Waals surface area contributed by atoms with Crippen LogP contribution in [0.4, 0.5) is 4.39 Å². The lowest BCUT2D eigenvalue weighted by Gasteiger charge is -2.16. The van der Waals surface area contributed by atoms with Gasteiger partial charge in [0.25, 0.3) is 0 Å². The molecule has 1 aromatic rings. The molecule has 104 valence electrons. The van der Waals surface area contributed by atoms with Crippen molar-refractivity contribution in [1.82, 2.24) is 5.32 Å². The third-order valence-corrected chi connectivity index (χ3v) is 5.00. The van der Waals surface area contributed by atoms with Crippen LogP contribution in [0.2, 0.25) is 0 Å². The SMILES string of the molecule is CC(C(=O)NC1CCCC1)S(=O)c1cccc(F)c1. The second kappa shape index (κ2) is 6.28. The highest BCUT2D eigenvalue weighted by Gasteiger charge is 2.25. The lowest BCUT2D eigenvalue weighted by Crippen LogP contribution is -2.40. The minimum Gasteiger partial charge on any atom is -0.352 e. The van der Waals surface area contributed by atoms with Gasteiger partial charge >= 0.3 is 0 Å². The third kappa shape index (κ3) is 3.62. The van der Waals surface area contributed by atoms with Crippen molar-refractivity contribution < 1.29 is 13.4 Å². The van der Waals surface area contributed by atoms with Crippen LogP contribution in [-0.2, 0) is 15.6 Å². The molecule has 1 amide bonds. The molecule has 1 saturated carbocycles. The maximum absolute atomic E-state index is 13.1. The maximum atomic E-state index is 13.1. The highest BCUT2D eigenvalue weighted by atomic mass is 32.2. The number of halogens is 1. The molecule has 0 aliphatic heterocycles. The monoisotopic (exact) mass is 283 g/mol. The molecule has 2 unspecified atom stereocenters. The highest BCUT2D eigenvalue weighted by Crippen LogP contribution is 2.19. The number of hydrogen-bond donors (Lipinski definition) is 1. The predicted molar refractivity (Wildman–Crippen MR) is 72.7 cm³/mol.